The van der Waals surface area contributed by atoms with Gasteiger partial charge >= 0.3 is 5.97 Å². The fourth-order valence-electron chi connectivity index (χ4n) is 2.13. The molecule has 2 rings (SSSR count). The molecule has 1 aliphatic heterocycles. The van der Waals surface area contributed by atoms with Crippen LogP contribution in [-0.2, 0) is 11.2 Å². The van der Waals surface area contributed by atoms with Crippen LogP contribution < -0.4 is 4.90 Å². The average Bonchev–Trinajstić information content (AvgIpc) is 2.46. The van der Waals surface area contributed by atoms with Crippen LogP contribution in [0.1, 0.15) is 23.0 Å². The SMILES string of the molecule is CCc1cc(C(=O)O)cc(N2CCOCC2CO)n1. The summed E-state index contributed by atoms with van der Waals surface area (Å²) >= 11 is 0. The number of aliphatic hydroxyl groups is 1. The number of ether oxygens (including phenoxy) is 1. The van der Waals surface area contributed by atoms with Gasteiger partial charge in [0, 0.05) is 12.2 Å². The van der Waals surface area contributed by atoms with Crippen molar-refractivity contribution in [1.29, 1.82) is 0 Å². The molecule has 1 atom stereocenters. The summed E-state index contributed by atoms with van der Waals surface area (Å²) in [7, 11) is 0. The third-order valence-corrected chi connectivity index (χ3v) is 3.21. The van der Waals surface area contributed by atoms with Crippen LogP contribution in [0.25, 0.3) is 0 Å². The standard InChI is InChI=1S/C13H18N2O4/c1-2-10-5-9(13(17)18)6-12(14-10)15-3-4-19-8-11(15)7-16/h5-6,11,16H,2-4,7-8H2,1H3,(H,17,18). The molecular weight excluding hydrogens is 248 g/mol. The van der Waals surface area contributed by atoms with Gasteiger partial charge in [-0.3, -0.25) is 0 Å². The second-order valence-electron chi connectivity index (χ2n) is 4.47. The summed E-state index contributed by atoms with van der Waals surface area (Å²) in [5, 5.41) is 18.5. The summed E-state index contributed by atoms with van der Waals surface area (Å²) in [6.07, 6.45) is 0.669. The Balaban J connectivity index is 2.36. The van der Waals surface area contributed by atoms with E-state index in [0.717, 1.165) is 5.69 Å². The maximum absolute atomic E-state index is 11.1. The van der Waals surface area contributed by atoms with Crippen molar-refractivity contribution >= 4 is 11.8 Å². The van der Waals surface area contributed by atoms with Crippen LogP contribution in [-0.4, -0.2) is 53.6 Å². The zero-order chi connectivity index (χ0) is 13.8. The van der Waals surface area contributed by atoms with Crippen molar-refractivity contribution in [2.24, 2.45) is 0 Å². The molecule has 0 spiro atoms. The molecule has 19 heavy (non-hydrogen) atoms. The zero-order valence-electron chi connectivity index (χ0n) is 10.9. The molecule has 104 valence electrons. The van der Waals surface area contributed by atoms with E-state index < -0.39 is 5.97 Å². The molecule has 1 fully saturated rings. The average molecular weight is 266 g/mol. The lowest BCUT2D eigenvalue weighted by Gasteiger charge is -2.35. The van der Waals surface area contributed by atoms with Crippen LogP contribution in [0.3, 0.4) is 0 Å². The first-order chi connectivity index (χ1) is 9.15. The van der Waals surface area contributed by atoms with Gasteiger partial charge in [-0.05, 0) is 18.6 Å². The van der Waals surface area contributed by atoms with Gasteiger partial charge in [0.05, 0.1) is 31.4 Å². The highest BCUT2D eigenvalue weighted by atomic mass is 16.5. The van der Waals surface area contributed by atoms with Crippen LogP contribution in [0.4, 0.5) is 5.82 Å². The van der Waals surface area contributed by atoms with Gasteiger partial charge in [-0.1, -0.05) is 6.92 Å². The number of pyridine rings is 1. The van der Waals surface area contributed by atoms with Crippen LogP contribution >= 0.6 is 0 Å². The largest absolute Gasteiger partial charge is 0.478 e. The zero-order valence-corrected chi connectivity index (χ0v) is 10.9. The van der Waals surface area contributed by atoms with E-state index in [-0.39, 0.29) is 18.2 Å². The Morgan fingerprint density at radius 3 is 3.00 bits per heavy atom. The number of aromatic nitrogens is 1. The number of rotatable bonds is 4. The van der Waals surface area contributed by atoms with E-state index in [4.69, 9.17) is 9.84 Å². The number of aromatic carboxylic acids is 1. The van der Waals surface area contributed by atoms with Crippen molar-refractivity contribution in [3.63, 3.8) is 0 Å². The van der Waals surface area contributed by atoms with E-state index in [1.54, 1.807) is 12.1 Å². The van der Waals surface area contributed by atoms with Crippen molar-refractivity contribution in [3.05, 3.63) is 23.4 Å². The Morgan fingerprint density at radius 1 is 1.58 bits per heavy atom. The van der Waals surface area contributed by atoms with Gasteiger partial charge in [-0.2, -0.15) is 0 Å². The Morgan fingerprint density at radius 2 is 2.37 bits per heavy atom. The number of anilines is 1. The smallest absolute Gasteiger partial charge is 0.335 e. The maximum atomic E-state index is 11.1. The summed E-state index contributed by atoms with van der Waals surface area (Å²) in [6, 6.07) is 2.96. The predicted molar refractivity (Wildman–Crippen MR) is 69.6 cm³/mol. The van der Waals surface area contributed by atoms with Crippen LogP contribution in [0.2, 0.25) is 0 Å². The van der Waals surface area contributed by atoms with E-state index in [1.165, 1.54) is 0 Å². The number of aryl methyl sites for hydroxylation is 1. The van der Waals surface area contributed by atoms with E-state index in [2.05, 4.69) is 4.98 Å². The first kappa shape index (κ1) is 13.8. The number of aliphatic hydroxyl groups excluding tert-OH is 1. The summed E-state index contributed by atoms with van der Waals surface area (Å²) < 4.78 is 5.31. The number of morpholine rings is 1. The molecule has 1 aromatic heterocycles. The van der Waals surface area contributed by atoms with Gasteiger partial charge in [-0.15, -0.1) is 0 Å². The lowest BCUT2D eigenvalue weighted by atomic mass is 10.1. The summed E-state index contributed by atoms with van der Waals surface area (Å²) in [5.41, 5.74) is 0.961. The van der Waals surface area contributed by atoms with Crippen molar-refractivity contribution in [1.82, 2.24) is 4.98 Å². The van der Waals surface area contributed by atoms with Crippen LogP contribution in [0, 0.1) is 0 Å². The number of hydrogen-bond donors (Lipinski definition) is 2. The first-order valence-corrected chi connectivity index (χ1v) is 6.35. The molecule has 2 N–H and O–H groups in total. The monoisotopic (exact) mass is 266 g/mol. The van der Waals surface area contributed by atoms with Gasteiger partial charge in [0.2, 0.25) is 0 Å². The summed E-state index contributed by atoms with van der Waals surface area (Å²) in [4.78, 5) is 17.5. The topological polar surface area (TPSA) is 82.9 Å². The Labute approximate surface area is 111 Å². The molecule has 1 unspecified atom stereocenters. The molecule has 0 saturated carbocycles. The van der Waals surface area contributed by atoms with Crippen LogP contribution in [0.5, 0.6) is 0 Å². The molecule has 1 saturated heterocycles. The minimum atomic E-state index is -0.966. The van der Waals surface area contributed by atoms with Crippen molar-refractivity contribution in [2.45, 2.75) is 19.4 Å². The highest BCUT2D eigenvalue weighted by Crippen LogP contribution is 2.20. The fraction of sp³-hybridized carbons (Fsp3) is 0.538. The van der Waals surface area contributed by atoms with Crippen LogP contribution in [0.15, 0.2) is 12.1 Å². The second kappa shape index (κ2) is 5.99. The molecule has 0 aromatic carbocycles. The summed E-state index contributed by atoms with van der Waals surface area (Å²) in [5.74, 6) is -0.369. The fourth-order valence-corrected chi connectivity index (χ4v) is 2.13. The molecule has 6 heteroatoms. The molecule has 0 amide bonds. The normalized spacial score (nSPS) is 19.5. The van der Waals surface area contributed by atoms with E-state index in [1.807, 2.05) is 11.8 Å². The minimum Gasteiger partial charge on any atom is -0.478 e. The first-order valence-electron chi connectivity index (χ1n) is 6.35. The number of hydrogen-bond acceptors (Lipinski definition) is 5. The van der Waals surface area contributed by atoms with Crippen molar-refractivity contribution < 1.29 is 19.7 Å². The number of carboxylic acids is 1. The van der Waals surface area contributed by atoms with Crippen molar-refractivity contribution in [3.8, 4) is 0 Å². The number of carboxylic acid groups (broad SMARTS) is 1. The van der Waals surface area contributed by atoms with Crippen molar-refractivity contribution in [2.75, 3.05) is 31.3 Å². The molecule has 1 aliphatic rings. The van der Waals surface area contributed by atoms with Gasteiger partial charge in [0.15, 0.2) is 0 Å². The van der Waals surface area contributed by atoms with E-state index >= 15 is 0 Å². The molecular formula is C13H18N2O4. The molecule has 1 aromatic rings. The third kappa shape index (κ3) is 3.02. The van der Waals surface area contributed by atoms with Gasteiger partial charge in [0.25, 0.3) is 0 Å². The highest BCUT2D eigenvalue weighted by Gasteiger charge is 2.24. The molecule has 2 heterocycles. The summed E-state index contributed by atoms with van der Waals surface area (Å²) in [6.45, 7) is 3.47. The Hall–Kier alpha value is -1.66. The Bertz CT molecular complexity index is 464. The van der Waals surface area contributed by atoms with E-state index in [0.29, 0.717) is 32.0 Å². The minimum absolute atomic E-state index is 0.0412. The number of nitrogens with zero attached hydrogens (tertiary/aromatic N) is 2. The predicted octanol–water partition coefficient (Wildman–Crippen LogP) is 0.540. The molecule has 0 radical (unpaired) electrons. The highest BCUT2D eigenvalue weighted by molar-refractivity contribution is 5.88. The Kier molecular flexibility index (Phi) is 4.34. The maximum Gasteiger partial charge on any atom is 0.335 e. The lowest BCUT2D eigenvalue weighted by molar-refractivity contribution is 0.0695. The lowest BCUT2D eigenvalue weighted by Crippen LogP contribution is -2.48. The number of carbonyl (C=O) groups is 1. The molecule has 0 aliphatic carbocycles. The van der Waals surface area contributed by atoms with Gasteiger partial charge < -0.3 is 19.8 Å². The second-order valence-corrected chi connectivity index (χ2v) is 4.47. The van der Waals surface area contributed by atoms with Gasteiger partial charge in [-0.25, -0.2) is 9.78 Å². The van der Waals surface area contributed by atoms with E-state index in [9.17, 15) is 9.90 Å². The molecule has 0 bridgehead atoms. The molecule has 6 nitrogen and oxygen atoms in total. The quantitative estimate of drug-likeness (QED) is 0.827. The van der Waals surface area contributed by atoms with Gasteiger partial charge in [0.1, 0.15) is 5.82 Å². The third-order valence-electron chi connectivity index (χ3n) is 3.21.